The Morgan fingerprint density at radius 2 is 0.935 bits per heavy atom. The van der Waals surface area contributed by atoms with Gasteiger partial charge in [-0.05, 0) is 19.8 Å². The lowest BCUT2D eigenvalue weighted by Gasteiger charge is -2.03. The zero-order valence-electron chi connectivity index (χ0n) is 22.4. The van der Waals surface area contributed by atoms with E-state index in [-0.39, 0.29) is 11.9 Å². The van der Waals surface area contributed by atoms with Crippen LogP contribution in [0.25, 0.3) is 0 Å². The third-order valence-electron chi connectivity index (χ3n) is 5.47. The fourth-order valence-electron chi connectivity index (χ4n) is 3.35. The van der Waals surface area contributed by atoms with Gasteiger partial charge >= 0.3 is 0 Å². The monoisotopic (exact) mass is 443 g/mol. The van der Waals surface area contributed by atoms with Crippen molar-refractivity contribution in [2.75, 3.05) is 6.54 Å². The number of carbonyl (C=O) groups is 1. The Labute approximate surface area is 197 Å². The lowest BCUT2D eigenvalue weighted by Crippen LogP contribution is -2.18. The summed E-state index contributed by atoms with van der Waals surface area (Å²) in [5.41, 5.74) is 5.16. The smallest absolute Gasteiger partial charge is 0.129 e. The summed E-state index contributed by atoms with van der Waals surface area (Å²) in [6.07, 6.45) is 26.4. The first-order chi connectivity index (χ1) is 15.0. The van der Waals surface area contributed by atoms with E-state index in [1.54, 1.807) is 6.92 Å². The molecule has 0 fully saturated rings. The molecule has 0 aromatic carbocycles. The summed E-state index contributed by atoms with van der Waals surface area (Å²) in [7, 11) is 0. The van der Waals surface area contributed by atoms with Crippen LogP contribution < -0.4 is 5.73 Å². The largest absolute Gasteiger partial charge is 0.392 e. The number of aliphatic hydroxyl groups is 1. The second-order valence-electron chi connectivity index (χ2n) is 9.08. The van der Waals surface area contributed by atoms with Crippen LogP contribution in [0.3, 0.4) is 0 Å². The van der Waals surface area contributed by atoms with Crippen molar-refractivity contribution in [3.63, 3.8) is 0 Å². The van der Waals surface area contributed by atoms with E-state index in [0.29, 0.717) is 6.54 Å². The summed E-state index contributed by atoms with van der Waals surface area (Å²) in [6, 6.07) is 0. The average molecular weight is 444 g/mol. The molecular formula is C28H61NO2. The number of rotatable bonds is 20. The number of unbranched alkanes of at least 4 members (excludes halogenated alkanes) is 15. The van der Waals surface area contributed by atoms with Crippen LogP contribution >= 0.6 is 0 Å². The van der Waals surface area contributed by atoms with Crippen molar-refractivity contribution >= 4 is 5.78 Å². The quantitative estimate of drug-likeness (QED) is 0.185. The van der Waals surface area contributed by atoms with Gasteiger partial charge in [-0.3, -0.25) is 0 Å². The van der Waals surface area contributed by atoms with Gasteiger partial charge in [-0.1, -0.05) is 137 Å². The minimum absolute atomic E-state index is 0.269. The summed E-state index contributed by atoms with van der Waals surface area (Å²) < 4.78 is 0. The molecule has 0 aromatic rings. The number of aliphatic hydroxyl groups excluding tert-OH is 1. The van der Waals surface area contributed by atoms with Crippen molar-refractivity contribution < 1.29 is 9.90 Å². The van der Waals surface area contributed by atoms with E-state index in [1.165, 1.54) is 96.3 Å². The molecule has 0 saturated carbocycles. The minimum atomic E-state index is -0.269. The van der Waals surface area contributed by atoms with Crippen LogP contribution in [-0.2, 0) is 4.79 Å². The van der Waals surface area contributed by atoms with Gasteiger partial charge < -0.3 is 15.6 Å². The second kappa shape index (κ2) is 34.2. The number of Topliss-reactive ketones (excluding diaryl/α,β-unsaturated/α-hetero) is 1. The van der Waals surface area contributed by atoms with Crippen LogP contribution in [0.5, 0.6) is 0 Å². The lowest BCUT2D eigenvalue weighted by molar-refractivity contribution is -0.117. The maximum absolute atomic E-state index is 10.0. The van der Waals surface area contributed by atoms with Gasteiger partial charge in [0.05, 0.1) is 6.10 Å². The van der Waals surface area contributed by atoms with E-state index < -0.39 is 0 Å². The summed E-state index contributed by atoms with van der Waals surface area (Å²) in [5, 5.41) is 8.86. The van der Waals surface area contributed by atoms with Crippen LogP contribution in [-0.4, -0.2) is 23.5 Å². The topological polar surface area (TPSA) is 63.3 Å². The van der Waals surface area contributed by atoms with Gasteiger partial charge in [0.25, 0.3) is 0 Å². The van der Waals surface area contributed by atoms with E-state index in [1.807, 2.05) is 6.92 Å². The molecule has 0 amide bonds. The molecule has 190 valence electrons. The Balaban J connectivity index is -0.000000461. The average Bonchev–Trinajstić information content (AvgIpc) is 2.76. The molecule has 0 rings (SSSR count). The van der Waals surface area contributed by atoms with Gasteiger partial charge in [0.15, 0.2) is 0 Å². The van der Waals surface area contributed by atoms with Crippen LogP contribution in [0.15, 0.2) is 0 Å². The summed E-state index contributed by atoms with van der Waals surface area (Å²) in [4.78, 5) is 10.0. The lowest BCUT2D eigenvalue weighted by atomic mass is 10.0. The van der Waals surface area contributed by atoms with Crippen molar-refractivity contribution in [1.82, 2.24) is 0 Å². The molecule has 0 bridgehead atoms. The van der Waals surface area contributed by atoms with Gasteiger partial charge in [-0.25, -0.2) is 0 Å². The van der Waals surface area contributed by atoms with Crippen LogP contribution in [0, 0.1) is 0 Å². The van der Waals surface area contributed by atoms with E-state index in [4.69, 9.17) is 10.8 Å². The third kappa shape index (κ3) is 44.1. The van der Waals surface area contributed by atoms with Gasteiger partial charge in [-0.2, -0.15) is 0 Å². The molecule has 31 heavy (non-hydrogen) atoms. The molecule has 0 aliphatic rings. The molecule has 0 spiro atoms. The normalized spacial score (nSPS) is 11.2. The molecule has 0 heterocycles. The molecule has 0 aliphatic heterocycles. The van der Waals surface area contributed by atoms with E-state index in [0.717, 1.165) is 32.1 Å². The zero-order valence-corrected chi connectivity index (χ0v) is 22.4. The number of hydrogen-bond donors (Lipinski definition) is 2. The molecule has 3 nitrogen and oxygen atoms in total. The summed E-state index contributed by atoms with van der Waals surface area (Å²) in [5.74, 6) is 0.289. The maximum atomic E-state index is 10.0. The Kier molecular flexibility index (Phi) is 38.8. The Morgan fingerprint density at radius 3 is 1.13 bits per heavy atom. The predicted octanol–water partition coefficient (Wildman–Crippen LogP) is 8.75. The Bertz CT molecular complexity index is 293. The van der Waals surface area contributed by atoms with E-state index >= 15 is 0 Å². The highest BCUT2D eigenvalue weighted by atomic mass is 16.3. The summed E-state index contributed by atoms with van der Waals surface area (Å²) >= 11 is 0. The Morgan fingerprint density at radius 1 is 0.613 bits per heavy atom. The number of nitrogens with two attached hydrogens (primary N) is 1. The maximum Gasteiger partial charge on any atom is 0.129 e. The van der Waals surface area contributed by atoms with Crippen LogP contribution in [0.1, 0.15) is 163 Å². The molecule has 0 aliphatic carbocycles. The van der Waals surface area contributed by atoms with Crippen molar-refractivity contribution in [3.8, 4) is 0 Å². The molecule has 3 N–H and O–H groups in total. The highest BCUT2D eigenvalue weighted by Gasteiger charge is 1.97. The fourth-order valence-corrected chi connectivity index (χ4v) is 3.35. The van der Waals surface area contributed by atoms with Gasteiger partial charge in [0, 0.05) is 13.0 Å². The van der Waals surface area contributed by atoms with Crippen LogP contribution in [0.2, 0.25) is 0 Å². The molecule has 1 unspecified atom stereocenters. The first-order valence-electron chi connectivity index (χ1n) is 13.9. The fraction of sp³-hybridized carbons (Fsp3) is 0.964. The van der Waals surface area contributed by atoms with Gasteiger partial charge in [0.1, 0.15) is 5.78 Å². The van der Waals surface area contributed by atoms with E-state index in [2.05, 4.69) is 20.8 Å². The highest BCUT2D eigenvalue weighted by Crippen LogP contribution is 2.13. The first kappa shape index (κ1) is 35.2. The van der Waals surface area contributed by atoms with Gasteiger partial charge in [-0.15, -0.1) is 0 Å². The first-order valence-corrected chi connectivity index (χ1v) is 13.9. The van der Waals surface area contributed by atoms with Crippen molar-refractivity contribution in [2.45, 2.75) is 169 Å². The van der Waals surface area contributed by atoms with E-state index in [9.17, 15) is 4.79 Å². The molecular weight excluding hydrogens is 382 g/mol. The number of carbonyl (C=O) groups excluding carboxylic acids is 1. The summed E-state index contributed by atoms with van der Waals surface area (Å²) in [6.45, 7) is 10.7. The van der Waals surface area contributed by atoms with Gasteiger partial charge in [0.2, 0.25) is 0 Å². The predicted molar refractivity (Wildman–Crippen MR) is 141 cm³/mol. The SMILES string of the molecule is CCCC(C)=O.CCCCC(O)CN.CCCCCCCCCCCCCCCCC. The standard InChI is InChI=1S/C17H36.C6H15NO.C5H10O/c1-3-5-7-9-11-13-15-17-16-14-12-10-8-6-4-2;1-2-3-4-6(8)5-7;1-3-4-5(2)6/h3-17H2,1-2H3;6,8H,2-5,7H2,1H3;3-4H2,1-2H3. The van der Waals surface area contributed by atoms with Crippen LogP contribution in [0.4, 0.5) is 0 Å². The molecule has 3 heteroatoms. The Hall–Kier alpha value is -0.410. The molecule has 0 aromatic heterocycles. The van der Waals surface area contributed by atoms with Crippen molar-refractivity contribution in [1.29, 1.82) is 0 Å². The highest BCUT2D eigenvalue weighted by molar-refractivity contribution is 5.75. The van der Waals surface area contributed by atoms with Crippen molar-refractivity contribution in [2.24, 2.45) is 5.73 Å². The third-order valence-corrected chi connectivity index (χ3v) is 5.47. The molecule has 1 atom stereocenters. The van der Waals surface area contributed by atoms with Crippen molar-refractivity contribution in [3.05, 3.63) is 0 Å². The zero-order chi connectivity index (χ0) is 24.0. The molecule has 0 saturated heterocycles. The second-order valence-corrected chi connectivity index (χ2v) is 9.08. The minimum Gasteiger partial charge on any atom is -0.392 e. The number of hydrogen-bond acceptors (Lipinski definition) is 3. The number of ketones is 1. The molecule has 0 radical (unpaired) electrons.